The number of hydrogen-bond acceptors (Lipinski definition) is 7. The average molecular weight is 445 g/mol. The van der Waals surface area contributed by atoms with Gasteiger partial charge in [0.15, 0.2) is 0 Å². The van der Waals surface area contributed by atoms with Gasteiger partial charge in [0.2, 0.25) is 5.91 Å². The Kier molecular flexibility index (Phi) is 7.63. The van der Waals surface area contributed by atoms with E-state index in [1.165, 1.54) is 11.8 Å². The fourth-order valence-corrected chi connectivity index (χ4v) is 3.62. The Morgan fingerprint density at radius 3 is 2.31 bits per heavy atom. The van der Waals surface area contributed by atoms with Crippen molar-refractivity contribution in [3.05, 3.63) is 40.3 Å². The molecule has 1 amide bonds. The zero-order chi connectivity index (χ0) is 23.3. The highest BCUT2D eigenvalue weighted by Crippen LogP contribution is 2.14. The summed E-state index contributed by atoms with van der Waals surface area (Å²) in [7, 11) is 1.33. The third kappa shape index (κ3) is 6.14. The van der Waals surface area contributed by atoms with Gasteiger partial charge in [-0.15, -0.1) is 0 Å². The Morgan fingerprint density at radius 2 is 1.69 bits per heavy atom. The molecule has 1 aliphatic heterocycles. The summed E-state index contributed by atoms with van der Waals surface area (Å²) in [4.78, 5) is 41.1. The Hall–Kier alpha value is -2.78. The number of fused-ring (bicyclic) bond motifs is 1. The summed E-state index contributed by atoms with van der Waals surface area (Å²) in [6.45, 7) is 9.59. The molecule has 0 aliphatic carbocycles. The van der Waals surface area contributed by atoms with Crippen LogP contribution in [0.15, 0.2) is 29.1 Å². The van der Waals surface area contributed by atoms with Crippen molar-refractivity contribution in [3.8, 4) is 0 Å². The number of piperazine rings is 1. The topological polar surface area (TPSA) is 94.0 Å². The molecule has 1 aliphatic rings. The van der Waals surface area contributed by atoms with E-state index >= 15 is 0 Å². The second kappa shape index (κ2) is 10.2. The number of carbonyl (C=O) groups is 2. The van der Waals surface area contributed by atoms with Crippen molar-refractivity contribution in [2.45, 2.75) is 39.3 Å². The van der Waals surface area contributed by atoms with Crippen LogP contribution in [-0.4, -0.2) is 83.5 Å². The van der Waals surface area contributed by atoms with Crippen molar-refractivity contribution in [1.82, 2.24) is 19.6 Å². The van der Waals surface area contributed by atoms with Crippen LogP contribution >= 0.6 is 0 Å². The monoisotopic (exact) mass is 444 g/mol. The molecular weight excluding hydrogens is 412 g/mol. The van der Waals surface area contributed by atoms with Crippen LogP contribution in [-0.2, 0) is 32.0 Å². The highest BCUT2D eigenvalue weighted by molar-refractivity contribution is 5.86. The van der Waals surface area contributed by atoms with E-state index in [0.29, 0.717) is 42.6 Å². The first kappa shape index (κ1) is 23.9. The van der Waals surface area contributed by atoms with Gasteiger partial charge in [0, 0.05) is 38.1 Å². The van der Waals surface area contributed by atoms with Gasteiger partial charge in [0.1, 0.15) is 6.61 Å². The summed E-state index contributed by atoms with van der Waals surface area (Å²) in [5, 5.41) is 5.67. The number of amides is 1. The minimum absolute atomic E-state index is 0.000516. The van der Waals surface area contributed by atoms with E-state index in [0.717, 1.165) is 13.1 Å². The SMILES string of the molecule is COC(=O)Cc1nn(CCN2CCN(C(=O)COC(C)(C)C)CC2)c(=O)c2ccccc12. The Morgan fingerprint density at radius 1 is 1.03 bits per heavy atom. The third-order valence-electron chi connectivity index (χ3n) is 5.47. The maximum atomic E-state index is 12.9. The summed E-state index contributed by atoms with van der Waals surface area (Å²) in [5.74, 6) is -0.400. The van der Waals surface area contributed by atoms with E-state index in [1.54, 1.807) is 18.2 Å². The average Bonchev–Trinajstić information content (AvgIpc) is 2.78. The molecule has 0 atom stereocenters. The summed E-state index contributed by atoms with van der Waals surface area (Å²) in [5.41, 5.74) is 0.00768. The number of nitrogens with zero attached hydrogens (tertiary/aromatic N) is 4. The van der Waals surface area contributed by atoms with Crippen LogP contribution in [0.4, 0.5) is 0 Å². The van der Waals surface area contributed by atoms with Crippen LogP contribution in [0, 0.1) is 0 Å². The summed E-state index contributed by atoms with van der Waals surface area (Å²) >= 11 is 0. The molecule has 1 aromatic heterocycles. The zero-order valence-electron chi connectivity index (χ0n) is 19.3. The van der Waals surface area contributed by atoms with E-state index in [2.05, 4.69) is 10.00 Å². The van der Waals surface area contributed by atoms with Crippen LogP contribution in [0.2, 0.25) is 0 Å². The first-order chi connectivity index (χ1) is 15.2. The van der Waals surface area contributed by atoms with E-state index in [4.69, 9.17) is 9.47 Å². The van der Waals surface area contributed by atoms with Crippen LogP contribution < -0.4 is 5.56 Å². The van der Waals surface area contributed by atoms with Gasteiger partial charge >= 0.3 is 5.97 Å². The van der Waals surface area contributed by atoms with E-state index in [9.17, 15) is 14.4 Å². The lowest BCUT2D eigenvalue weighted by Gasteiger charge is -2.35. The lowest BCUT2D eigenvalue weighted by atomic mass is 10.1. The maximum absolute atomic E-state index is 12.9. The van der Waals surface area contributed by atoms with Crippen LogP contribution in [0.3, 0.4) is 0 Å². The second-order valence-corrected chi connectivity index (χ2v) is 8.90. The first-order valence-electron chi connectivity index (χ1n) is 10.9. The minimum Gasteiger partial charge on any atom is -0.469 e. The van der Waals surface area contributed by atoms with Gasteiger partial charge < -0.3 is 14.4 Å². The van der Waals surface area contributed by atoms with Crippen molar-refractivity contribution in [1.29, 1.82) is 0 Å². The quantitative estimate of drug-likeness (QED) is 0.590. The van der Waals surface area contributed by atoms with Crippen molar-refractivity contribution >= 4 is 22.6 Å². The normalized spacial score (nSPS) is 15.2. The molecule has 1 aromatic carbocycles. The number of benzene rings is 1. The fourth-order valence-electron chi connectivity index (χ4n) is 3.62. The van der Waals surface area contributed by atoms with Gasteiger partial charge in [0.05, 0.1) is 36.8 Å². The predicted octanol–water partition coefficient (Wildman–Crippen LogP) is 1.07. The largest absolute Gasteiger partial charge is 0.469 e. The molecule has 0 spiro atoms. The molecule has 9 heteroatoms. The van der Waals surface area contributed by atoms with E-state index in [1.807, 2.05) is 31.7 Å². The molecule has 2 heterocycles. The van der Waals surface area contributed by atoms with Gasteiger partial charge in [-0.05, 0) is 26.8 Å². The highest BCUT2D eigenvalue weighted by atomic mass is 16.5. The summed E-state index contributed by atoms with van der Waals surface area (Å²) in [6.07, 6.45) is 0.00865. The minimum atomic E-state index is -0.399. The van der Waals surface area contributed by atoms with Gasteiger partial charge in [0.25, 0.3) is 5.56 Å². The standard InChI is InChI=1S/C23H32N4O5/c1-23(2,3)32-16-20(28)26-12-9-25(10-13-26)11-14-27-22(30)18-8-6-5-7-17(18)19(24-27)15-21(29)31-4/h5-8H,9-16H2,1-4H3. The molecule has 0 N–H and O–H groups in total. The van der Waals surface area contributed by atoms with E-state index < -0.39 is 5.97 Å². The van der Waals surface area contributed by atoms with E-state index in [-0.39, 0.29) is 30.1 Å². The van der Waals surface area contributed by atoms with Crippen LogP contribution in [0.25, 0.3) is 10.8 Å². The third-order valence-corrected chi connectivity index (χ3v) is 5.47. The van der Waals surface area contributed by atoms with Crippen molar-refractivity contribution in [2.75, 3.05) is 46.4 Å². The molecule has 2 aromatic rings. The lowest BCUT2D eigenvalue weighted by molar-refractivity contribution is -0.142. The number of esters is 1. The molecule has 0 bridgehead atoms. The molecule has 9 nitrogen and oxygen atoms in total. The van der Waals surface area contributed by atoms with Crippen molar-refractivity contribution < 1.29 is 19.1 Å². The second-order valence-electron chi connectivity index (χ2n) is 8.90. The molecule has 0 saturated carbocycles. The van der Waals surface area contributed by atoms with Gasteiger partial charge in [-0.1, -0.05) is 18.2 Å². The summed E-state index contributed by atoms with van der Waals surface area (Å²) in [6, 6.07) is 7.17. The zero-order valence-corrected chi connectivity index (χ0v) is 19.3. The van der Waals surface area contributed by atoms with Crippen LogP contribution in [0.1, 0.15) is 26.5 Å². The number of hydrogen-bond donors (Lipinski definition) is 0. The smallest absolute Gasteiger partial charge is 0.311 e. The van der Waals surface area contributed by atoms with Crippen LogP contribution in [0.5, 0.6) is 0 Å². The Bertz CT molecular complexity index is 1020. The number of rotatable bonds is 7. The highest BCUT2D eigenvalue weighted by Gasteiger charge is 2.23. The fraction of sp³-hybridized carbons (Fsp3) is 0.565. The molecule has 0 unspecified atom stereocenters. The molecule has 1 fully saturated rings. The first-order valence-corrected chi connectivity index (χ1v) is 10.9. The molecular formula is C23H32N4O5. The molecule has 1 saturated heterocycles. The van der Waals surface area contributed by atoms with Crippen molar-refractivity contribution in [2.24, 2.45) is 0 Å². The number of carbonyl (C=O) groups excluding carboxylic acids is 2. The predicted molar refractivity (Wildman–Crippen MR) is 120 cm³/mol. The Balaban J connectivity index is 1.62. The summed E-state index contributed by atoms with van der Waals surface area (Å²) < 4.78 is 11.8. The van der Waals surface area contributed by atoms with Gasteiger partial charge in [-0.2, -0.15) is 5.10 Å². The molecule has 174 valence electrons. The lowest BCUT2D eigenvalue weighted by Crippen LogP contribution is -2.50. The number of aromatic nitrogens is 2. The maximum Gasteiger partial charge on any atom is 0.311 e. The molecule has 3 rings (SSSR count). The molecule has 32 heavy (non-hydrogen) atoms. The van der Waals surface area contributed by atoms with Gasteiger partial charge in [-0.3, -0.25) is 19.3 Å². The molecule has 0 radical (unpaired) electrons. The number of methoxy groups -OCH3 is 1. The Labute approximate surface area is 187 Å². The van der Waals surface area contributed by atoms with Gasteiger partial charge in [-0.25, -0.2) is 4.68 Å². The number of ether oxygens (including phenoxy) is 2. The van der Waals surface area contributed by atoms with Crippen molar-refractivity contribution in [3.63, 3.8) is 0 Å².